The van der Waals surface area contributed by atoms with E-state index in [0.29, 0.717) is 43.9 Å². The molecular weight excluding hydrogens is 532 g/mol. The lowest BCUT2D eigenvalue weighted by atomic mass is 9.94. The van der Waals surface area contributed by atoms with Crippen molar-refractivity contribution in [2.45, 2.75) is 25.9 Å². The first-order valence-corrected chi connectivity index (χ1v) is 15.0. The molecule has 216 valence electrons. The molecule has 5 aromatic rings. The highest BCUT2D eigenvalue weighted by molar-refractivity contribution is 6.09. The van der Waals surface area contributed by atoms with Crippen molar-refractivity contribution in [1.82, 2.24) is 20.1 Å². The Kier molecular flexibility index (Phi) is 8.57. The lowest BCUT2D eigenvalue weighted by molar-refractivity contribution is 0.0628. The summed E-state index contributed by atoms with van der Waals surface area (Å²) >= 11 is 0. The van der Waals surface area contributed by atoms with Gasteiger partial charge in [0.1, 0.15) is 0 Å². The Morgan fingerprint density at radius 2 is 1.37 bits per heavy atom. The van der Waals surface area contributed by atoms with Gasteiger partial charge < -0.3 is 10.2 Å². The van der Waals surface area contributed by atoms with Gasteiger partial charge in [0.25, 0.3) is 11.8 Å². The highest BCUT2D eigenvalue weighted by Crippen LogP contribution is 2.32. The summed E-state index contributed by atoms with van der Waals surface area (Å²) < 4.78 is 0. The summed E-state index contributed by atoms with van der Waals surface area (Å²) in [6.45, 7) is 5.33. The Labute approximate surface area is 253 Å². The van der Waals surface area contributed by atoms with Crippen LogP contribution in [0.3, 0.4) is 0 Å². The Hall–Kier alpha value is -4.81. The van der Waals surface area contributed by atoms with Gasteiger partial charge in [0, 0.05) is 54.8 Å². The molecular formula is C37H36N4O2. The third kappa shape index (κ3) is 6.20. The minimum atomic E-state index is -0.110. The molecule has 0 spiro atoms. The lowest BCUT2D eigenvalue weighted by Gasteiger charge is -2.35. The summed E-state index contributed by atoms with van der Waals surface area (Å²) in [5, 5.41) is 4.19. The molecule has 1 saturated heterocycles. The number of carbonyl (C=O) groups is 2. The van der Waals surface area contributed by atoms with Crippen LogP contribution in [0.2, 0.25) is 0 Å². The monoisotopic (exact) mass is 568 g/mol. The molecule has 1 atom stereocenters. The van der Waals surface area contributed by atoms with Crippen LogP contribution in [0.4, 0.5) is 0 Å². The van der Waals surface area contributed by atoms with Gasteiger partial charge in [-0.15, -0.1) is 0 Å². The number of fused-ring (bicyclic) bond motifs is 1. The summed E-state index contributed by atoms with van der Waals surface area (Å²) in [7, 11) is 0. The van der Waals surface area contributed by atoms with Crippen LogP contribution in [0.1, 0.15) is 51.2 Å². The molecule has 0 unspecified atom stereocenters. The predicted molar refractivity (Wildman–Crippen MR) is 172 cm³/mol. The van der Waals surface area contributed by atoms with Crippen molar-refractivity contribution < 1.29 is 9.59 Å². The second-order valence-electron chi connectivity index (χ2n) is 11.0. The fourth-order valence-corrected chi connectivity index (χ4v) is 5.93. The first kappa shape index (κ1) is 28.3. The van der Waals surface area contributed by atoms with Gasteiger partial charge in [0.15, 0.2) is 0 Å². The Morgan fingerprint density at radius 3 is 2.05 bits per heavy atom. The van der Waals surface area contributed by atoms with Crippen molar-refractivity contribution in [2.24, 2.45) is 0 Å². The van der Waals surface area contributed by atoms with E-state index in [-0.39, 0.29) is 17.9 Å². The van der Waals surface area contributed by atoms with Crippen LogP contribution in [-0.4, -0.2) is 52.8 Å². The van der Waals surface area contributed by atoms with Crippen molar-refractivity contribution in [3.8, 4) is 11.3 Å². The number of nitrogens with zero attached hydrogens (tertiary/aromatic N) is 3. The molecule has 0 saturated carbocycles. The molecule has 0 radical (unpaired) electrons. The maximum Gasteiger partial charge on any atom is 0.253 e. The summed E-state index contributed by atoms with van der Waals surface area (Å²) in [4.78, 5) is 36.8. The Morgan fingerprint density at radius 1 is 0.767 bits per heavy atom. The highest BCUT2D eigenvalue weighted by atomic mass is 16.2. The maximum absolute atomic E-state index is 14.3. The second kappa shape index (κ2) is 13.0. The van der Waals surface area contributed by atoms with E-state index in [1.165, 1.54) is 0 Å². The van der Waals surface area contributed by atoms with E-state index in [1.54, 1.807) is 0 Å². The quantitative estimate of drug-likeness (QED) is 0.225. The number of hydrogen-bond acceptors (Lipinski definition) is 4. The molecule has 1 aromatic heterocycles. The maximum atomic E-state index is 14.3. The number of para-hydroxylation sites is 1. The SMILES string of the molecule is CC[C@H](NC(=O)c1c(CN2CCN(C(=O)c3ccccc3)CC2)c(-c2ccccc2)nc2ccccc12)c1ccccc1. The zero-order chi connectivity index (χ0) is 29.6. The van der Waals surface area contributed by atoms with Gasteiger partial charge in [-0.3, -0.25) is 14.5 Å². The zero-order valence-electron chi connectivity index (χ0n) is 24.4. The summed E-state index contributed by atoms with van der Waals surface area (Å²) in [5.41, 5.74) is 5.96. The smallest absolute Gasteiger partial charge is 0.253 e. The fraction of sp³-hybridized carbons (Fsp3) is 0.216. The molecule has 4 aromatic carbocycles. The topological polar surface area (TPSA) is 65.5 Å². The van der Waals surface area contributed by atoms with Crippen LogP contribution in [-0.2, 0) is 6.54 Å². The van der Waals surface area contributed by atoms with Crippen molar-refractivity contribution >= 4 is 22.7 Å². The summed E-state index contributed by atoms with van der Waals surface area (Å²) in [5.74, 6) is -0.0384. The number of rotatable bonds is 8. The van der Waals surface area contributed by atoms with E-state index in [2.05, 4.69) is 41.4 Å². The summed E-state index contributed by atoms with van der Waals surface area (Å²) in [6, 6.07) is 37.5. The van der Waals surface area contributed by atoms with Crippen molar-refractivity contribution in [3.05, 3.63) is 138 Å². The molecule has 6 heteroatoms. The minimum Gasteiger partial charge on any atom is -0.345 e. The molecule has 1 aliphatic heterocycles. The van der Waals surface area contributed by atoms with E-state index in [4.69, 9.17) is 4.98 Å². The van der Waals surface area contributed by atoms with Crippen LogP contribution in [0.5, 0.6) is 0 Å². The molecule has 1 fully saturated rings. The molecule has 1 N–H and O–H groups in total. The fourth-order valence-electron chi connectivity index (χ4n) is 5.93. The first-order chi connectivity index (χ1) is 21.1. The summed E-state index contributed by atoms with van der Waals surface area (Å²) in [6.07, 6.45) is 0.775. The Bertz CT molecular complexity index is 1700. The van der Waals surface area contributed by atoms with Crippen molar-refractivity contribution in [1.29, 1.82) is 0 Å². The van der Waals surface area contributed by atoms with Gasteiger partial charge >= 0.3 is 0 Å². The molecule has 0 bridgehead atoms. The van der Waals surface area contributed by atoms with Crippen LogP contribution < -0.4 is 5.32 Å². The van der Waals surface area contributed by atoms with E-state index < -0.39 is 0 Å². The van der Waals surface area contributed by atoms with Gasteiger partial charge in [-0.1, -0.05) is 104 Å². The standard InChI is InChI=1S/C37H36N4O2/c1-2-32(27-14-6-3-7-15-27)39-36(42)34-30-20-12-13-21-33(30)38-35(28-16-8-4-9-17-28)31(34)26-40-22-24-41(25-23-40)37(43)29-18-10-5-11-19-29/h3-21,32H,2,22-26H2,1H3,(H,39,42)/t32-/m0/s1. The lowest BCUT2D eigenvalue weighted by Crippen LogP contribution is -2.48. The largest absolute Gasteiger partial charge is 0.345 e. The number of pyridine rings is 1. The van der Waals surface area contributed by atoms with Crippen LogP contribution in [0.25, 0.3) is 22.2 Å². The molecule has 1 aliphatic rings. The van der Waals surface area contributed by atoms with E-state index >= 15 is 0 Å². The molecule has 6 nitrogen and oxygen atoms in total. The van der Waals surface area contributed by atoms with Gasteiger partial charge in [0.2, 0.25) is 0 Å². The third-order valence-corrected chi connectivity index (χ3v) is 8.25. The van der Waals surface area contributed by atoms with Crippen molar-refractivity contribution in [3.63, 3.8) is 0 Å². The number of nitrogens with one attached hydrogen (secondary N) is 1. The van der Waals surface area contributed by atoms with Gasteiger partial charge in [0.05, 0.1) is 22.8 Å². The van der Waals surface area contributed by atoms with E-state index in [0.717, 1.165) is 39.7 Å². The number of aromatic nitrogens is 1. The molecule has 2 heterocycles. The van der Waals surface area contributed by atoms with E-state index in [9.17, 15) is 9.59 Å². The van der Waals surface area contributed by atoms with Gasteiger partial charge in [-0.05, 0) is 30.2 Å². The number of benzene rings is 4. The van der Waals surface area contributed by atoms with Crippen LogP contribution in [0.15, 0.2) is 115 Å². The molecule has 0 aliphatic carbocycles. The average Bonchev–Trinajstić information content (AvgIpc) is 3.08. The van der Waals surface area contributed by atoms with Crippen molar-refractivity contribution in [2.75, 3.05) is 26.2 Å². The third-order valence-electron chi connectivity index (χ3n) is 8.25. The minimum absolute atomic E-state index is 0.0594. The number of hydrogen-bond donors (Lipinski definition) is 1. The number of amides is 2. The Balaban J connectivity index is 1.36. The number of piperazine rings is 1. The van der Waals surface area contributed by atoms with Gasteiger partial charge in [-0.2, -0.15) is 0 Å². The normalized spacial score (nSPS) is 14.4. The second-order valence-corrected chi connectivity index (χ2v) is 11.0. The highest BCUT2D eigenvalue weighted by Gasteiger charge is 2.27. The van der Waals surface area contributed by atoms with Crippen LogP contribution in [0, 0.1) is 0 Å². The number of carbonyl (C=O) groups excluding carboxylic acids is 2. The van der Waals surface area contributed by atoms with E-state index in [1.807, 2.05) is 95.9 Å². The molecule has 43 heavy (non-hydrogen) atoms. The molecule has 6 rings (SSSR count). The molecule has 2 amide bonds. The van der Waals surface area contributed by atoms with Gasteiger partial charge in [-0.25, -0.2) is 4.98 Å². The first-order valence-electron chi connectivity index (χ1n) is 15.0. The zero-order valence-corrected chi connectivity index (χ0v) is 24.4. The van der Waals surface area contributed by atoms with Crippen LogP contribution >= 0.6 is 0 Å². The predicted octanol–water partition coefficient (Wildman–Crippen LogP) is 6.74. The average molecular weight is 569 g/mol.